The summed E-state index contributed by atoms with van der Waals surface area (Å²) in [4.78, 5) is 10.4. The molecule has 0 saturated heterocycles. The molecule has 20 heavy (non-hydrogen) atoms. The van der Waals surface area contributed by atoms with Crippen molar-refractivity contribution in [2.24, 2.45) is 5.41 Å². The Balaban J connectivity index is 6.18. The van der Waals surface area contributed by atoms with Crippen LogP contribution in [0.1, 0.15) is 0 Å². The number of carbonyl (C=O) groups is 1. The zero-order valence-corrected chi connectivity index (χ0v) is 8.96. The molecular weight excluding hydrogens is 318 g/mol. The fourth-order valence-corrected chi connectivity index (χ4v) is 1.11. The van der Waals surface area contributed by atoms with Crippen molar-refractivity contribution in [1.29, 1.82) is 0 Å². The highest BCUT2D eigenvalue weighted by Gasteiger charge is 2.88. The number of rotatable bonds is 3. The monoisotopic (exact) mass is 322 g/mol. The van der Waals surface area contributed by atoms with Gasteiger partial charge in [0, 0.05) is 6.08 Å². The summed E-state index contributed by atoms with van der Waals surface area (Å²) in [6, 6.07) is 0. The SMILES string of the molecule is C=CC(=O)OC(F)C(C(F)(F)F)(C(F)(F)F)C(F)(F)F. The van der Waals surface area contributed by atoms with Crippen molar-refractivity contribution in [3.63, 3.8) is 0 Å². The maximum atomic E-state index is 13.0. The Morgan fingerprint density at radius 2 is 1.20 bits per heavy atom. The van der Waals surface area contributed by atoms with Gasteiger partial charge in [-0.1, -0.05) is 6.58 Å². The summed E-state index contributed by atoms with van der Waals surface area (Å²) >= 11 is 0. The number of ether oxygens (including phenoxy) is 1. The maximum absolute atomic E-state index is 13.0. The Morgan fingerprint density at radius 3 is 1.40 bits per heavy atom. The van der Waals surface area contributed by atoms with E-state index in [2.05, 4.69) is 11.3 Å². The van der Waals surface area contributed by atoms with E-state index >= 15 is 0 Å². The molecule has 0 aromatic rings. The summed E-state index contributed by atoms with van der Waals surface area (Å²) in [5, 5.41) is 0. The molecule has 1 atom stereocenters. The maximum Gasteiger partial charge on any atom is 0.418 e. The lowest BCUT2D eigenvalue weighted by Gasteiger charge is -2.39. The Kier molecular flexibility index (Phi) is 4.75. The van der Waals surface area contributed by atoms with Crippen LogP contribution < -0.4 is 0 Å². The molecule has 2 nitrogen and oxygen atoms in total. The van der Waals surface area contributed by atoms with E-state index in [0.717, 1.165) is 0 Å². The van der Waals surface area contributed by atoms with Crippen molar-refractivity contribution in [2.75, 3.05) is 0 Å². The topological polar surface area (TPSA) is 26.3 Å². The van der Waals surface area contributed by atoms with Crippen molar-refractivity contribution in [1.82, 2.24) is 0 Å². The van der Waals surface area contributed by atoms with Gasteiger partial charge in [0.25, 0.3) is 6.36 Å². The van der Waals surface area contributed by atoms with E-state index in [1.165, 1.54) is 0 Å². The molecule has 0 fully saturated rings. The Labute approximate surface area is 104 Å². The first-order valence-corrected chi connectivity index (χ1v) is 4.30. The van der Waals surface area contributed by atoms with E-state index in [9.17, 15) is 48.7 Å². The number of hydrogen-bond donors (Lipinski definition) is 0. The normalized spacial score (nSPS) is 15.7. The van der Waals surface area contributed by atoms with E-state index in [1.54, 1.807) is 0 Å². The molecule has 118 valence electrons. The zero-order valence-electron chi connectivity index (χ0n) is 8.96. The molecule has 0 aromatic heterocycles. The molecular formula is C8H4F10O2. The quantitative estimate of drug-likeness (QED) is 0.450. The fourth-order valence-electron chi connectivity index (χ4n) is 1.11. The van der Waals surface area contributed by atoms with Gasteiger partial charge in [-0.3, -0.25) is 0 Å². The van der Waals surface area contributed by atoms with E-state index in [4.69, 9.17) is 0 Å². The van der Waals surface area contributed by atoms with Crippen LogP contribution in [0.2, 0.25) is 0 Å². The average molecular weight is 322 g/mol. The van der Waals surface area contributed by atoms with Gasteiger partial charge in [-0.2, -0.15) is 43.9 Å². The molecule has 0 radical (unpaired) electrons. The summed E-state index contributed by atoms with van der Waals surface area (Å²) in [6.45, 7) is 2.50. The summed E-state index contributed by atoms with van der Waals surface area (Å²) in [5.74, 6) is -2.22. The fraction of sp³-hybridized carbons (Fsp3) is 0.625. The minimum atomic E-state index is -7.15. The van der Waals surface area contributed by atoms with Crippen LogP contribution in [0.4, 0.5) is 43.9 Å². The van der Waals surface area contributed by atoms with Gasteiger partial charge in [-0.15, -0.1) is 0 Å². The molecule has 0 heterocycles. The third-order valence-electron chi connectivity index (χ3n) is 2.07. The molecule has 1 unspecified atom stereocenters. The van der Waals surface area contributed by atoms with Crippen LogP contribution in [0.25, 0.3) is 0 Å². The first kappa shape index (κ1) is 18.5. The first-order chi connectivity index (χ1) is 8.63. The van der Waals surface area contributed by atoms with Crippen LogP contribution in [0.5, 0.6) is 0 Å². The lowest BCUT2D eigenvalue weighted by atomic mass is 9.85. The third-order valence-corrected chi connectivity index (χ3v) is 2.07. The van der Waals surface area contributed by atoms with Crippen LogP contribution >= 0.6 is 0 Å². The number of carbonyl (C=O) groups excluding carboxylic acids is 1. The van der Waals surface area contributed by atoms with Crippen LogP contribution in [0.15, 0.2) is 12.7 Å². The van der Waals surface area contributed by atoms with Crippen molar-refractivity contribution in [2.45, 2.75) is 24.9 Å². The second kappa shape index (κ2) is 5.13. The molecule has 12 heteroatoms. The predicted octanol–water partition coefficient (Wildman–Crippen LogP) is 3.68. The molecule has 0 rings (SSSR count). The number of alkyl halides is 10. The van der Waals surface area contributed by atoms with Crippen molar-refractivity contribution >= 4 is 5.97 Å². The molecule has 0 spiro atoms. The summed E-state index contributed by atoms with van der Waals surface area (Å²) in [6.07, 6.45) is -26.6. The van der Waals surface area contributed by atoms with E-state index in [1.807, 2.05) is 0 Å². The lowest BCUT2D eigenvalue weighted by Crippen LogP contribution is -2.65. The van der Waals surface area contributed by atoms with Gasteiger partial charge in [-0.25, -0.2) is 4.79 Å². The Morgan fingerprint density at radius 1 is 0.900 bits per heavy atom. The van der Waals surface area contributed by atoms with Crippen LogP contribution in [-0.4, -0.2) is 30.9 Å². The number of hydrogen-bond acceptors (Lipinski definition) is 2. The van der Waals surface area contributed by atoms with Gasteiger partial charge >= 0.3 is 29.9 Å². The van der Waals surface area contributed by atoms with Crippen LogP contribution in [0.3, 0.4) is 0 Å². The van der Waals surface area contributed by atoms with E-state index < -0.39 is 36.3 Å². The van der Waals surface area contributed by atoms with Crippen LogP contribution in [-0.2, 0) is 9.53 Å². The van der Waals surface area contributed by atoms with Gasteiger partial charge in [0.05, 0.1) is 0 Å². The Bertz CT molecular complexity index is 340. The lowest BCUT2D eigenvalue weighted by molar-refractivity contribution is -0.459. The van der Waals surface area contributed by atoms with E-state index in [0.29, 0.717) is 0 Å². The molecule has 0 aromatic carbocycles. The molecule has 0 bridgehead atoms. The molecule has 0 saturated carbocycles. The third kappa shape index (κ3) is 2.82. The van der Waals surface area contributed by atoms with Crippen molar-refractivity contribution in [3.8, 4) is 0 Å². The largest absolute Gasteiger partial charge is 0.426 e. The molecule has 0 aliphatic rings. The molecule has 0 amide bonds. The Hall–Kier alpha value is -1.49. The highest BCUT2D eigenvalue weighted by atomic mass is 19.4. The smallest absolute Gasteiger partial charge is 0.418 e. The van der Waals surface area contributed by atoms with Gasteiger partial charge in [0.2, 0.25) is 0 Å². The van der Waals surface area contributed by atoms with Gasteiger partial charge < -0.3 is 4.74 Å². The van der Waals surface area contributed by atoms with Gasteiger partial charge in [0.15, 0.2) is 0 Å². The predicted molar refractivity (Wildman–Crippen MR) is 41.8 cm³/mol. The summed E-state index contributed by atoms with van der Waals surface area (Å²) in [7, 11) is 0. The minimum Gasteiger partial charge on any atom is -0.426 e. The molecule has 0 N–H and O–H groups in total. The van der Waals surface area contributed by atoms with Gasteiger partial charge in [0.1, 0.15) is 0 Å². The van der Waals surface area contributed by atoms with Crippen LogP contribution in [0, 0.1) is 5.41 Å². The van der Waals surface area contributed by atoms with Crippen molar-refractivity contribution < 1.29 is 53.4 Å². The summed E-state index contributed by atoms with van der Waals surface area (Å²) < 4.78 is 126. The standard InChI is InChI=1S/C8H4F10O2/c1-2-3(19)20-4(9)5(6(10,11)12,7(13,14)15)8(16,17)18/h2,4H,1H2. The average Bonchev–Trinajstić information content (AvgIpc) is 2.10. The van der Waals surface area contributed by atoms with Gasteiger partial charge in [-0.05, 0) is 0 Å². The first-order valence-electron chi connectivity index (χ1n) is 4.30. The summed E-state index contributed by atoms with van der Waals surface area (Å²) in [5.41, 5.74) is -6.86. The minimum absolute atomic E-state index is 0.0968. The molecule has 0 aliphatic heterocycles. The van der Waals surface area contributed by atoms with E-state index in [-0.39, 0.29) is 6.08 Å². The second-order valence-corrected chi connectivity index (χ2v) is 3.26. The zero-order chi connectivity index (χ0) is 16.6. The number of esters is 1. The number of halogens is 10. The highest BCUT2D eigenvalue weighted by Crippen LogP contribution is 2.62. The second-order valence-electron chi connectivity index (χ2n) is 3.26. The molecule has 0 aliphatic carbocycles. The highest BCUT2D eigenvalue weighted by molar-refractivity contribution is 5.81. The van der Waals surface area contributed by atoms with Crippen molar-refractivity contribution in [3.05, 3.63) is 12.7 Å².